The smallest absolute Gasteiger partial charge is 0.124 e. The van der Waals surface area contributed by atoms with Crippen molar-refractivity contribution in [2.45, 2.75) is 57.4 Å². The quantitative estimate of drug-likeness (QED) is 0.786. The zero-order chi connectivity index (χ0) is 16.8. The Balaban J connectivity index is 1.69. The molecule has 0 saturated carbocycles. The van der Waals surface area contributed by atoms with E-state index in [0.717, 1.165) is 30.5 Å². The van der Waals surface area contributed by atoms with Crippen LogP contribution in [0, 0.1) is 0 Å². The van der Waals surface area contributed by atoms with Gasteiger partial charge in [0.25, 0.3) is 0 Å². The summed E-state index contributed by atoms with van der Waals surface area (Å²) in [6, 6.07) is 6.75. The van der Waals surface area contributed by atoms with Gasteiger partial charge in [-0.3, -0.25) is 4.90 Å². The van der Waals surface area contributed by atoms with E-state index in [4.69, 9.17) is 16.3 Å². The van der Waals surface area contributed by atoms with Gasteiger partial charge in [0.05, 0.1) is 0 Å². The molecule has 3 rings (SSSR count). The number of benzene rings is 1. The first-order chi connectivity index (χ1) is 11.8. The lowest BCUT2D eigenvalue weighted by Gasteiger charge is -2.29. The van der Waals surface area contributed by atoms with Gasteiger partial charge in [-0.25, -0.2) is 0 Å². The Hall–Kier alpha value is -0.770. The third-order valence-corrected chi connectivity index (χ3v) is 5.70. The zero-order valence-electron chi connectivity index (χ0n) is 14.9. The largest absolute Gasteiger partial charge is 0.492 e. The average Bonchev–Trinajstić information content (AvgIpc) is 3.14. The molecule has 0 aliphatic carbocycles. The Morgan fingerprint density at radius 1 is 1.25 bits per heavy atom. The van der Waals surface area contributed by atoms with Crippen LogP contribution in [0.2, 0.25) is 5.02 Å². The van der Waals surface area contributed by atoms with E-state index in [1.165, 1.54) is 57.2 Å². The Bertz CT molecular complexity index is 510. The highest BCUT2D eigenvalue weighted by Crippen LogP contribution is 2.35. The van der Waals surface area contributed by atoms with Crippen LogP contribution in [0.25, 0.3) is 0 Å². The molecule has 2 aliphatic heterocycles. The monoisotopic (exact) mass is 350 g/mol. The van der Waals surface area contributed by atoms with Gasteiger partial charge < -0.3 is 10.1 Å². The predicted octanol–water partition coefficient (Wildman–Crippen LogP) is 4.45. The van der Waals surface area contributed by atoms with Gasteiger partial charge in [-0.2, -0.15) is 0 Å². The van der Waals surface area contributed by atoms with Crippen LogP contribution in [0.5, 0.6) is 5.75 Å². The van der Waals surface area contributed by atoms with E-state index in [1.807, 2.05) is 12.1 Å². The summed E-state index contributed by atoms with van der Waals surface area (Å²) in [5, 5.41) is 4.22. The van der Waals surface area contributed by atoms with Gasteiger partial charge in [0.15, 0.2) is 0 Å². The topological polar surface area (TPSA) is 24.5 Å². The summed E-state index contributed by atoms with van der Waals surface area (Å²) in [6.07, 6.45) is 7.45. The molecule has 2 aliphatic rings. The van der Waals surface area contributed by atoms with E-state index in [-0.39, 0.29) is 0 Å². The molecule has 1 aromatic rings. The van der Waals surface area contributed by atoms with Crippen molar-refractivity contribution in [3.8, 4) is 5.75 Å². The first-order valence-electron chi connectivity index (χ1n) is 9.65. The lowest BCUT2D eigenvalue weighted by Crippen LogP contribution is -2.37. The number of hydrogen-bond donors (Lipinski definition) is 1. The predicted molar refractivity (Wildman–Crippen MR) is 101 cm³/mol. The molecule has 0 amide bonds. The Morgan fingerprint density at radius 3 is 2.71 bits per heavy atom. The number of nitrogens with zero attached hydrogens (tertiary/aromatic N) is 1. The van der Waals surface area contributed by atoms with Crippen molar-refractivity contribution in [3.05, 3.63) is 28.8 Å². The first-order valence-corrected chi connectivity index (χ1v) is 10.0. The van der Waals surface area contributed by atoms with Crippen LogP contribution in [0.4, 0.5) is 0 Å². The highest BCUT2D eigenvalue weighted by atomic mass is 35.5. The molecule has 0 aromatic heterocycles. The fraction of sp³-hybridized carbons (Fsp3) is 0.700. The Kier molecular flexibility index (Phi) is 6.82. The molecule has 0 spiro atoms. The van der Waals surface area contributed by atoms with Crippen molar-refractivity contribution in [3.63, 3.8) is 0 Å². The normalized spacial score (nSPS) is 21.1. The molecule has 1 N–H and O–H groups in total. The highest BCUT2D eigenvalue weighted by molar-refractivity contribution is 6.30. The van der Waals surface area contributed by atoms with Crippen LogP contribution in [0.15, 0.2) is 18.2 Å². The lowest BCUT2D eigenvalue weighted by molar-refractivity contribution is 0.150. The summed E-state index contributed by atoms with van der Waals surface area (Å²) in [7, 11) is 0. The van der Waals surface area contributed by atoms with Gasteiger partial charge >= 0.3 is 0 Å². The number of nitrogens with one attached hydrogen (secondary N) is 1. The maximum absolute atomic E-state index is 6.35. The molecule has 3 nitrogen and oxygen atoms in total. The molecular formula is C20H31ClN2O. The third-order valence-electron chi connectivity index (χ3n) is 5.46. The van der Waals surface area contributed by atoms with Crippen LogP contribution < -0.4 is 10.1 Å². The summed E-state index contributed by atoms with van der Waals surface area (Å²) < 4.78 is 6.35. The van der Waals surface area contributed by atoms with E-state index < -0.39 is 0 Å². The highest BCUT2D eigenvalue weighted by Gasteiger charge is 2.24. The zero-order valence-corrected chi connectivity index (χ0v) is 15.7. The standard InChI is InChI=1S/C20H31ClN2O/c1-2-5-18(23-12-3-4-13-23)15-24-20-14-17(21)6-7-19(20)16-8-10-22-11-9-16/h6-7,14,16,18,22H,2-5,8-13,15H2,1H3. The van der Waals surface area contributed by atoms with Gasteiger partial charge in [0.1, 0.15) is 12.4 Å². The van der Waals surface area contributed by atoms with E-state index in [1.54, 1.807) is 0 Å². The molecule has 4 heteroatoms. The molecular weight excluding hydrogens is 320 g/mol. The number of halogens is 1. The Morgan fingerprint density at radius 2 is 2.00 bits per heavy atom. The van der Waals surface area contributed by atoms with Crippen LogP contribution in [0.1, 0.15) is 56.9 Å². The summed E-state index contributed by atoms with van der Waals surface area (Å²) in [5.74, 6) is 1.60. The molecule has 2 fully saturated rings. The van der Waals surface area contributed by atoms with Crippen molar-refractivity contribution in [1.82, 2.24) is 10.2 Å². The molecule has 0 bridgehead atoms. The lowest BCUT2D eigenvalue weighted by atomic mass is 9.89. The maximum atomic E-state index is 6.35. The second-order valence-electron chi connectivity index (χ2n) is 7.20. The Labute approximate surface area is 151 Å². The van der Waals surface area contributed by atoms with Gasteiger partial charge in [-0.1, -0.05) is 31.0 Å². The fourth-order valence-corrected chi connectivity index (χ4v) is 4.26. The number of rotatable bonds is 7. The number of piperidine rings is 1. The van der Waals surface area contributed by atoms with Crippen molar-refractivity contribution in [1.29, 1.82) is 0 Å². The SMILES string of the molecule is CCCC(COc1cc(Cl)ccc1C1CCNCC1)N1CCCC1. The molecule has 1 unspecified atom stereocenters. The third kappa shape index (κ3) is 4.65. The molecule has 0 radical (unpaired) electrons. The number of likely N-dealkylation sites (tertiary alicyclic amines) is 1. The van der Waals surface area contributed by atoms with E-state index in [9.17, 15) is 0 Å². The van der Waals surface area contributed by atoms with Crippen LogP contribution in [0.3, 0.4) is 0 Å². The molecule has 2 heterocycles. The molecule has 2 saturated heterocycles. The van der Waals surface area contributed by atoms with E-state index in [2.05, 4.69) is 23.2 Å². The molecule has 24 heavy (non-hydrogen) atoms. The maximum Gasteiger partial charge on any atom is 0.124 e. The molecule has 1 aromatic carbocycles. The second kappa shape index (κ2) is 9.07. The summed E-state index contributed by atoms with van der Waals surface area (Å²) in [4.78, 5) is 2.61. The van der Waals surface area contributed by atoms with Crippen LogP contribution in [-0.4, -0.2) is 43.7 Å². The van der Waals surface area contributed by atoms with Crippen molar-refractivity contribution >= 4 is 11.6 Å². The van der Waals surface area contributed by atoms with Crippen LogP contribution >= 0.6 is 11.6 Å². The minimum absolute atomic E-state index is 0.539. The second-order valence-corrected chi connectivity index (χ2v) is 7.64. The van der Waals surface area contributed by atoms with Crippen molar-refractivity contribution < 1.29 is 4.74 Å². The van der Waals surface area contributed by atoms with E-state index in [0.29, 0.717) is 12.0 Å². The summed E-state index contributed by atoms with van der Waals surface area (Å²) >= 11 is 6.26. The van der Waals surface area contributed by atoms with E-state index >= 15 is 0 Å². The van der Waals surface area contributed by atoms with Crippen molar-refractivity contribution in [2.24, 2.45) is 0 Å². The fourth-order valence-electron chi connectivity index (χ4n) is 4.10. The van der Waals surface area contributed by atoms with Crippen molar-refractivity contribution in [2.75, 3.05) is 32.8 Å². The van der Waals surface area contributed by atoms with Gasteiger partial charge in [0.2, 0.25) is 0 Å². The number of hydrogen-bond acceptors (Lipinski definition) is 3. The summed E-state index contributed by atoms with van der Waals surface area (Å²) in [5.41, 5.74) is 1.34. The van der Waals surface area contributed by atoms with Crippen LogP contribution in [-0.2, 0) is 0 Å². The number of ether oxygens (including phenoxy) is 1. The first kappa shape index (κ1) is 18.0. The average molecular weight is 351 g/mol. The van der Waals surface area contributed by atoms with Gasteiger partial charge in [-0.15, -0.1) is 0 Å². The summed E-state index contributed by atoms with van der Waals surface area (Å²) in [6.45, 7) is 7.70. The minimum Gasteiger partial charge on any atom is -0.492 e. The molecule has 1 atom stereocenters. The van der Waals surface area contributed by atoms with Gasteiger partial charge in [-0.05, 0) is 81.9 Å². The van der Waals surface area contributed by atoms with Gasteiger partial charge in [0, 0.05) is 11.1 Å². The molecule has 134 valence electrons. The minimum atomic E-state index is 0.539.